The van der Waals surface area contributed by atoms with E-state index in [9.17, 15) is 4.79 Å². The number of anilines is 1. The standard InChI is InChI=1S/C15H14ClN5OS2/c1-10(22)20(2)14-18-12(7-23-14)8-24-15-19-17-9-21(15)13-5-3-4-11(16)6-13/h3-7,9H,8H2,1-2H3. The third-order valence-electron chi connectivity index (χ3n) is 3.25. The normalized spacial score (nSPS) is 10.8. The topological polar surface area (TPSA) is 63.9 Å². The molecular formula is C15H14ClN5OS2. The van der Waals surface area contributed by atoms with Gasteiger partial charge in [-0.3, -0.25) is 14.3 Å². The van der Waals surface area contributed by atoms with Gasteiger partial charge < -0.3 is 0 Å². The second-order valence-electron chi connectivity index (χ2n) is 4.95. The molecule has 1 amide bonds. The molecule has 0 atom stereocenters. The summed E-state index contributed by atoms with van der Waals surface area (Å²) >= 11 is 9.02. The minimum Gasteiger partial charge on any atom is -0.292 e. The van der Waals surface area contributed by atoms with Gasteiger partial charge in [-0.05, 0) is 18.2 Å². The van der Waals surface area contributed by atoms with Gasteiger partial charge in [0.05, 0.1) is 11.4 Å². The molecule has 0 aliphatic heterocycles. The Morgan fingerprint density at radius 2 is 2.29 bits per heavy atom. The molecule has 0 aliphatic carbocycles. The van der Waals surface area contributed by atoms with E-state index in [1.807, 2.05) is 34.2 Å². The average Bonchev–Trinajstić information content (AvgIpc) is 3.21. The van der Waals surface area contributed by atoms with Crippen LogP contribution in [-0.2, 0) is 10.5 Å². The van der Waals surface area contributed by atoms with E-state index in [1.165, 1.54) is 34.9 Å². The van der Waals surface area contributed by atoms with Gasteiger partial charge in [0, 0.05) is 30.1 Å². The zero-order valence-corrected chi connectivity index (χ0v) is 15.4. The SMILES string of the molecule is CC(=O)N(C)c1nc(CSc2nncn2-c2cccc(Cl)c2)cs1. The molecule has 3 aromatic rings. The molecule has 0 saturated heterocycles. The first-order valence-electron chi connectivity index (χ1n) is 7.02. The van der Waals surface area contributed by atoms with Gasteiger partial charge in [0.1, 0.15) is 6.33 Å². The van der Waals surface area contributed by atoms with Crippen molar-refractivity contribution in [3.8, 4) is 5.69 Å². The summed E-state index contributed by atoms with van der Waals surface area (Å²) in [6.07, 6.45) is 1.66. The smallest absolute Gasteiger partial charge is 0.225 e. The molecule has 0 saturated carbocycles. The lowest BCUT2D eigenvalue weighted by atomic mass is 10.3. The highest BCUT2D eigenvalue weighted by molar-refractivity contribution is 7.98. The third kappa shape index (κ3) is 3.77. The zero-order valence-electron chi connectivity index (χ0n) is 13.0. The van der Waals surface area contributed by atoms with Gasteiger partial charge in [0.15, 0.2) is 10.3 Å². The van der Waals surface area contributed by atoms with Crippen molar-refractivity contribution in [2.24, 2.45) is 0 Å². The quantitative estimate of drug-likeness (QED) is 0.633. The Hall–Kier alpha value is -1.90. The van der Waals surface area contributed by atoms with Gasteiger partial charge in [0.25, 0.3) is 0 Å². The monoisotopic (exact) mass is 379 g/mol. The molecule has 0 radical (unpaired) electrons. The van der Waals surface area contributed by atoms with Crippen LogP contribution in [0, 0.1) is 0 Å². The third-order valence-corrected chi connectivity index (χ3v) is 5.43. The summed E-state index contributed by atoms with van der Waals surface area (Å²) in [6, 6.07) is 7.51. The molecule has 2 aromatic heterocycles. The summed E-state index contributed by atoms with van der Waals surface area (Å²) in [4.78, 5) is 17.4. The van der Waals surface area contributed by atoms with Crippen molar-refractivity contribution < 1.29 is 4.79 Å². The number of rotatable bonds is 5. The number of hydrogen-bond acceptors (Lipinski definition) is 6. The number of thioether (sulfide) groups is 1. The number of hydrogen-bond donors (Lipinski definition) is 0. The second-order valence-corrected chi connectivity index (χ2v) is 7.17. The number of aromatic nitrogens is 4. The minimum atomic E-state index is -0.0377. The Labute approximate surface area is 152 Å². The fourth-order valence-electron chi connectivity index (χ4n) is 1.92. The molecule has 0 bridgehead atoms. The lowest BCUT2D eigenvalue weighted by Crippen LogP contribution is -2.22. The average molecular weight is 380 g/mol. The van der Waals surface area contributed by atoms with E-state index in [0.717, 1.165) is 16.5 Å². The Bertz CT molecular complexity index is 863. The molecule has 1 aromatic carbocycles. The van der Waals surface area contributed by atoms with Gasteiger partial charge in [-0.1, -0.05) is 29.4 Å². The Balaban J connectivity index is 1.72. The van der Waals surface area contributed by atoms with Crippen LogP contribution < -0.4 is 4.90 Å². The van der Waals surface area contributed by atoms with Gasteiger partial charge >= 0.3 is 0 Å². The van der Waals surface area contributed by atoms with Crippen molar-refractivity contribution in [2.75, 3.05) is 11.9 Å². The fourth-order valence-corrected chi connectivity index (χ4v) is 3.86. The largest absolute Gasteiger partial charge is 0.292 e. The molecule has 2 heterocycles. The molecule has 0 fully saturated rings. The van der Waals surface area contributed by atoms with Crippen molar-refractivity contribution in [3.63, 3.8) is 0 Å². The maximum atomic E-state index is 11.4. The lowest BCUT2D eigenvalue weighted by molar-refractivity contribution is -0.116. The maximum Gasteiger partial charge on any atom is 0.225 e. The summed E-state index contributed by atoms with van der Waals surface area (Å²) in [5.74, 6) is 0.603. The molecule has 9 heteroatoms. The highest BCUT2D eigenvalue weighted by Gasteiger charge is 2.12. The maximum absolute atomic E-state index is 11.4. The van der Waals surface area contributed by atoms with Crippen LogP contribution in [0.4, 0.5) is 5.13 Å². The number of halogens is 1. The summed E-state index contributed by atoms with van der Waals surface area (Å²) in [5.41, 5.74) is 1.80. The van der Waals surface area contributed by atoms with Gasteiger partial charge in [-0.15, -0.1) is 21.5 Å². The van der Waals surface area contributed by atoms with E-state index in [1.54, 1.807) is 13.4 Å². The molecule has 0 spiro atoms. The van der Waals surface area contributed by atoms with Crippen LogP contribution in [0.15, 0.2) is 41.1 Å². The summed E-state index contributed by atoms with van der Waals surface area (Å²) in [5, 5.41) is 12.2. The van der Waals surface area contributed by atoms with Crippen LogP contribution in [0.25, 0.3) is 5.69 Å². The minimum absolute atomic E-state index is 0.0377. The van der Waals surface area contributed by atoms with Crippen LogP contribution in [0.2, 0.25) is 5.02 Å². The molecule has 0 N–H and O–H groups in total. The Morgan fingerprint density at radius 3 is 3.04 bits per heavy atom. The Kier molecular flexibility index (Phi) is 5.17. The predicted octanol–water partition coefficient (Wildman–Crippen LogP) is 3.65. The van der Waals surface area contributed by atoms with Crippen LogP contribution >= 0.6 is 34.7 Å². The molecule has 3 rings (SSSR count). The molecule has 0 unspecified atom stereocenters. The number of nitrogens with zero attached hydrogens (tertiary/aromatic N) is 5. The van der Waals surface area contributed by atoms with E-state index in [-0.39, 0.29) is 5.91 Å². The van der Waals surface area contributed by atoms with E-state index in [4.69, 9.17) is 11.6 Å². The molecule has 6 nitrogen and oxygen atoms in total. The summed E-state index contributed by atoms with van der Waals surface area (Å²) in [7, 11) is 1.72. The van der Waals surface area contributed by atoms with Crippen molar-refractivity contribution in [3.05, 3.63) is 46.7 Å². The molecule has 0 aliphatic rings. The van der Waals surface area contributed by atoms with Crippen molar-refractivity contribution in [1.29, 1.82) is 0 Å². The van der Waals surface area contributed by atoms with Crippen molar-refractivity contribution >= 4 is 45.7 Å². The van der Waals surface area contributed by atoms with Crippen LogP contribution in [-0.4, -0.2) is 32.7 Å². The molecule has 124 valence electrons. The number of carbonyl (C=O) groups is 1. The van der Waals surface area contributed by atoms with Crippen molar-refractivity contribution in [1.82, 2.24) is 19.7 Å². The number of thiazole rings is 1. The van der Waals surface area contributed by atoms with Gasteiger partial charge in [0.2, 0.25) is 5.91 Å². The Morgan fingerprint density at radius 1 is 1.46 bits per heavy atom. The predicted molar refractivity (Wildman–Crippen MR) is 97.1 cm³/mol. The van der Waals surface area contributed by atoms with E-state index >= 15 is 0 Å². The highest BCUT2D eigenvalue weighted by Crippen LogP contribution is 2.27. The highest BCUT2D eigenvalue weighted by atomic mass is 35.5. The van der Waals surface area contributed by atoms with E-state index in [0.29, 0.717) is 15.9 Å². The van der Waals surface area contributed by atoms with Crippen LogP contribution in [0.5, 0.6) is 0 Å². The first-order valence-corrected chi connectivity index (χ1v) is 9.26. The summed E-state index contributed by atoms with van der Waals surface area (Å²) in [6.45, 7) is 1.52. The number of amides is 1. The number of carbonyl (C=O) groups excluding carboxylic acids is 1. The molecule has 24 heavy (non-hydrogen) atoms. The fraction of sp³-hybridized carbons (Fsp3) is 0.200. The lowest BCUT2D eigenvalue weighted by Gasteiger charge is -2.09. The summed E-state index contributed by atoms with van der Waals surface area (Å²) < 4.78 is 1.88. The zero-order chi connectivity index (χ0) is 17.1. The van der Waals surface area contributed by atoms with E-state index in [2.05, 4.69) is 15.2 Å². The van der Waals surface area contributed by atoms with Gasteiger partial charge in [-0.25, -0.2) is 4.98 Å². The molecular weight excluding hydrogens is 366 g/mol. The van der Waals surface area contributed by atoms with Gasteiger partial charge in [-0.2, -0.15) is 0 Å². The van der Waals surface area contributed by atoms with Crippen LogP contribution in [0.1, 0.15) is 12.6 Å². The van der Waals surface area contributed by atoms with Crippen LogP contribution in [0.3, 0.4) is 0 Å². The van der Waals surface area contributed by atoms with Crippen molar-refractivity contribution in [2.45, 2.75) is 17.8 Å². The number of benzene rings is 1. The van der Waals surface area contributed by atoms with E-state index < -0.39 is 0 Å². The first-order chi connectivity index (χ1) is 11.5. The second kappa shape index (κ2) is 7.33. The first kappa shape index (κ1) is 16.9.